The summed E-state index contributed by atoms with van der Waals surface area (Å²) in [7, 11) is 0. The zero-order chi connectivity index (χ0) is 13.4. The molecule has 100 valence electrons. The standard InChI is InChI=1S/C12H14N4O3/c17-10-1-2-13-6-9(10)11(18)15-3-4-16-8(7-15)5-14-12(16)19/h1-2,6,8H,3-5,7H2,(H,13,17)(H,14,19). The van der Waals surface area contributed by atoms with E-state index in [4.69, 9.17) is 0 Å². The van der Waals surface area contributed by atoms with Gasteiger partial charge in [-0.15, -0.1) is 0 Å². The van der Waals surface area contributed by atoms with Gasteiger partial charge in [-0.25, -0.2) is 4.79 Å². The number of nitrogens with zero attached hydrogens (tertiary/aromatic N) is 2. The Bertz CT molecular complexity index is 582. The van der Waals surface area contributed by atoms with Gasteiger partial charge in [-0.3, -0.25) is 9.59 Å². The number of hydrogen-bond donors (Lipinski definition) is 2. The van der Waals surface area contributed by atoms with E-state index in [9.17, 15) is 14.4 Å². The van der Waals surface area contributed by atoms with Gasteiger partial charge in [-0.1, -0.05) is 0 Å². The third-order valence-corrected chi connectivity index (χ3v) is 3.57. The number of aromatic nitrogens is 1. The van der Waals surface area contributed by atoms with Crippen LogP contribution in [0.4, 0.5) is 4.79 Å². The molecule has 2 saturated heterocycles. The third-order valence-electron chi connectivity index (χ3n) is 3.57. The molecule has 3 amide bonds. The first kappa shape index (κ1) is 11.8. The average molecular weight is 262 g/mol. The molecule has 2 N–H and O–H groups in total. The van der Waals surface area contributed by atoms with E-state index in [0.29, 0.717) is 26.2 Å². The van der Waals surface area contributed by atoms with Crippen molar-refractivity contribution < 1.29 is 9.59 Å². The number of rotatable bonds is 1. The van der Waals surface area contributed by atoms with E-state index in [1.54, 1.807) is 9.80 Å². The van der Waals surface area contributed by atoms with E-state index >= 15 is 0 Å². The normalized spacial score (nSPS) is 22.1. The van der Waals surface area contributed by atoms with Crippen LogP contribution in [-0.4, -0.2) is 58.9 Å². The smallest absolute Gasteiger partial charge is 0.317 e. The molecule has 0 aliphatic carbocycles. The van der Waals surface area contributed by atoms with Crippen molar-refractivity contribution in [3.63, 3.8) is 0 Å². The Kier molecular flexibility index (Phi) is 2.73. The van der Waals surface area contributed by atoms with E-state index in [0.717, 1.165) is 0 Å². The van der Waals surface area contributed by atoms with Crippen LogP contribution in [-0.2, 0) is 0 Å². The van der Waals surface area contributed by atoms with Gasteiger partial charge in [0, 0.05) is 44.6 Å². The van der Waals surface area contributed by atoms with Gasteiger partial charge in [0.25, 0.3) is 5.91 Å². The number of urea groups is 1. The van der Waals surface area contributed by atoms with Crippen molar-refractivity contribution in [3.8, 4) is 0 Å². The molecule has 7 nitrogen and oxygen atoms in total. The molecular formula is C12H14N4O3. The first-order valence-electron chi connectivity index (χ1n) is 6.17. The van der Waals surface area contributed by atoms with Crippen molar-refractivity contribution in [1.82, 2.24) is 20.1 Å². The summed E-state index contributed by atoms with van der Waals surface area (Å²) in [4.78, 5) is 41.5. The Morgan fingerprint density at radius 1 is 1.32 bits per heavy atom. The number of nitrogens with one attached hydrogen (secondary N) is 2. The Morgan fingerprint density at radius 2 is 2.16 bits per heavy atom. The van der Waals surface area contributed by atoms with E-state index in [2.05, 4.69) is 10.3 Å². The van der Waals surface area contributed by atoms with Gasteiger partial charge in [0.05, 0.1) is 6.04 Å². The fraction of sp³-hybridized carbons (Fsp3) is 0.417. The van der Waals surface area contributed by atoms with Crippen molar-refractivity contribution in [3.05, 3.63) is 34.2 Å². The van der Waals surface area contributed by atoms with Gasteiger partial charge in [0.15, 0.2) is 5.43 Å². The maximum atomic E-state index is 12.3. The minimum Gasteiger partial charge on any atom is -0.367 e. The van der Waals surface area contributed by atoms with Gasteiger partial charge in [-0.2, -0.15) is 0 Å². The van der Waals surface area contributed by atoms with Crippen molar-refractivity contribution in [2.45, 2.75) is 6.04 Å². The van der Waals surface area contributed by atoms with Gasteiger partial charge < -0.3 is 20.1 Å². The third kappa shape index (κ3) is 1.96. The molecule has 1 aromatic heterocycles. The van der Waals surface area contributed by atoms with Crippen LogP contribution in [0, 0.1) is 0 Å². The lowest BCUT2D eigenvalue weighted by atomic mass is 10.1. The van der Waals surface area contributed by atoms with Gasteiger partial charge in [-0.05, 0) is 0 Å². The van der Waals surface area contributed by atoms with Crippen molar-refractivity contribution in [1.29, 1.82) is 0 Å². The number of carbonyl (C=O) groups excluding carboxylic acids is 2. The topological polar surface area (TPSA) is 85.5 Å². The van der Waals surface area contributed by atoms with E-state index in [1.165, 1.54) is 18.5 Å². The molecule has 7 heteroatoms. The number of amides is 3. The lowest BCUT2D eigenvalue weighted by Gasteiger charge is -2.36. The molecule has 2 aliphatic heterocycles. The lowest BCUT2D eigenvalue weighted by Crippen LogP contribution is -2.54. The zero-order valence-corrected chi connectivity index (χ0v) is 10.3. The second-order valence-corrected chi connectivity index (χ2v) is 4.71. The lowest BCUT2D eigenvalue weighted by molar-refractivity contribution is 0.0615. The number of pyridine rings is 1. The SMILES string of the molecule is O=C(c1c[nH]ccc1=O)N1CCN2C(=O)NCC2C1. The number of H-pyrrole nitrogens is 1. The van der Waals surface area contributed by atoms with Crippen LogP contribution in [0.3, 0.4) is 0 Å². The minimum atomic E-state index is -0.285. The monoisotopic (exact) mass is 262 g/mol. The Labute approximate surface area is 109 Å². The van der Waals surface area contributed by atoms with Crippen LogP contribution in [0.15, 0.2) is 23.3 Å². The molecule has 1 unspecified atom stereocenters. The number of carbonyl (C=O) groups is 2. The Balaban J connectivity index is 1.78. The summed E-state index contributed by atoms with van der Waals surface area (Å²) >= 11 is 0. The number of hydrogen-bond acceptors (Lipinski definition) is 3. The van der Waals surface area contributed by atoms with Crippen LogP contribution in [0.2, 0.25) is 0 Å². The highest BCUT2D eigenvalue weighted by atomic mass is 16.2. The number of aromatic amines is 1. The Morgan fingerprint density at radius 3 is 2.95 bits per heavy atom. The molecule has 0 spiro atoms. The fourth-order valence-corrected chi connectivity index (χ4v) is 2.54. The molecule has 19 heavy (non-hydrogen) atoms. The Hall–Kier alpha value is -2.31. The fourth-order valence-electron chi connectivity index (χ4n) is 2.54. The van der Waals surface area contributed by atoms with Gasteiger partial charge in [0.1, 0.15) is 5.56 Å². The minimum absolute atomic E-state index is 0.00740. The van der Waals surface area contributed by atoms with Crippen LogP contribution < -0.4 is 10.7 Å². The van der Waals surface area contributed by atoms with E-state index in [-0.39, 0.29) is 29.0 Å². The highest BCUT2D eigenvalue weighted by Gasteiger charge is 2.37. The second kappa shape index (κ2) is 4.42. The van der Waals surface area contributed by atoms with E-state index < -0.39 is 0 Å². The molecule has 0 saturated carbocycles. The summed E-state index contributed by atoms with van der Waals surface area (Å²) < 4.78 is 0. The maximum absolute atomic E-state index is 12.3. The molecule has 1 aromatic rings. The predicted molar refractivity (Wildman–Crippen MR) is 66.9 cm³/mol. The summed E-state index contributed by atoms with van der Waals surface area (Å²) in [6, 6.07) is 1.27. The summed E-state index contributed by atoms with van der Waals surface area (Å²) in [6.45, 7) is 1.98. The number of fused-ring (bicyclic) bond motifs is 1. The average Bonchev–Trinajstić information content (AvgIpc) is 2.80. The van der Waals surface area contributed by atoms with Crippen molar-refractivity contribution in [2.75, 3.05) is 26.2 Å². The summed E-state index contributed by atoms with van der Waals surface area (Å²) in [5.41, 5.74) is -0.139. The molecule has 0 bridgehead atoms. The molecule has 0 radical (unpaired) electrons. The predicted octanol–water partition coefficient (Wildman–Crippen LogP) is -0.775. The van der Waals surface area contributed by atoms with Crippen molar-refractivity contribution in [2.24, 2.45) is 0 Å². The van der Waals surface area contributed by atoms with Crippen molar-refractivity contribution >= 4 is 11.9 Å². The summed E-state index contributed by atoms with van der Waals surface area (Å²) in [5.74, 6) is -0.277. The second-order valence-electron chi connectivity index (χ2n) is 4.71. The van der Waals surface area contributed by atoms with Crippen LogP contribution in [0.25, 0.3) is 0 Å². The zero-order valence-electron chi connectivity index (χ0n) is 10.3. The van der Waals surface area contributed by atoms with Crippen LogP contribution in [0.1, 0.15) is 10.4 Å². The molecule has 3 heterocycles. The maximum Gasteiger partial charge on any atom is 0.317 e. The molecule has 2 aliphatic rings. The largest absolute Gasteiger partial charge is 0.367 e. The van der Waals surface area contributed by atoms with Crippen LogP contribution >= 0.6 is 0 Å². The first-order valence-corrected chi connectivity index (χ1v) is 6.17. The highest BCUT2D eigenvalue weighted by Crippen LogP contribution is 2.15. The first-order chi connectivity index (χ1) is 9.16. The summed E-state index contributed by atoms with van der Waals surface area (Å²) in [6.07, 6.45) is 2.92. The molecule has 3 rings (SSSR count). The molecular weight excluding hydrogens is 248 g/mol. The van der Waals surface area contributed by atoms with Gasteiger partial charge >= 0.3 is 6.03 Å². The molecule has 2 fully saturated rings. The summed E-state index contributed by atoms with van der Waals surface area (Å²) in [5, 5.41) is 2.75. The van der Waals surface area contributed by atoms with Crippen LogP contribution in [0.5, 0.6) is 0 Å². The van der Waals surface area contributed by atoms with Gasteiger partial charge in [0.2, 0.25) is 0 Å². The van der Waals surface area contributed by atoms with E-state index in [1.807, 2.05) is 0 Å². The quantitative estimate of drug-likeness (QED) is 0.696. The molecule has 0 aromatic carbocycles. The molecule has 1 atom stereocenters. The highest BCUT2D eigenvalue weighted by molar-refractivity contribution is 5.94. The number of piperazine rings is 1.